The van der Waals surface area contributed by atoms with Crippen molar-refractivity contribution in [1.29, 1.82) is 0 Å². The van der Waals surface area contributed by atoms with Gasteiger partial charge in [0.2, 0.25) is 5.82 Å². The number of hydrogen-bond donors (Lipinski definition) is 1. The van der Waals surface area contributed by atoms with Crippen LogP contribution in [0.1, 0.15) is 0 Å². The summed E-state index contributed by atoms with van der Waals surface area (Å²) in [4.78, 5) is 12.3. The van der Waals surface area contributed by atoms with Gasteiger partial charge < -0.3 is 4.57 Å². The number of aryl methyl sites for hydroxylation is 1. The molecule has 31 heavy (non-hydrogen) atoms. The number of aromatic nitrogens is 7. The van der Waals surface area contributed by atoms with Crippen molar-refractivity contribution in [2.24, 2.45) is 7.05 Å². The molecular weight excluding hydrogens is 397 g/mol. The third-order valence-electron chi connectivity index (χ3n) is 5.01. The lowest BCUT2D eigenvalue weighted by atomic mass is 9.98. The minimum absolute atomic E-state index is 0.155. The van der Waals surface area contributed by atoms with E-state index >= 15 is 0 Å². The SMILES string of the molecule is Cn1cc(-c2cnn(-c3ccccc3-c3nn[nH]n3)c2)c(-c2ccc(F)cc2)cc1=O. The molecule has 0 bridgehead atoms. The Morgan fingerprint density at radius 2 is 1.74 bits per heavy atom. The Morgan fingerprint density at radius 1 is 0.935 bits per heavy atom. The first-order chi connectivity index (χ1) is 15.1. The highest BCUT2D eigenvalue weighted by Crippen LogP contribution is 2.32. The highest BCUT2D eigenvalue weighted by atomic mass is 19.1. The van der Waals surface area contributed by atoms with E-state index in [1.54, 1.807) is 42.3 Å². The molecule has 8 nitrogen and oxygen atoms in total. The van der Waals surface area contributed by atoms with Crippen molar-refractivity contribution in [3.05, 3.63) is 89.4 Å². The van der Waals surface area contributed by atoms with E-state index < -0.39 is 0 Å². The predicted octanol–water partition coefficient (Wildman–Crippen LogP) is 3.22. The van der Waals surface area contributed by atoms with Gasteiger partial charge in [-0.05, 0) is 40.6 Å². The number of hydrogen-bond acceptors (Lipinski definition) is 5. The van der Waals surface area contributed by atoms with Crippen LogP contribution in [0.2, 0.25) is 0 Å². The zero-order valence-corrected chi connectivity index (χ0v) is 16.4. The van der Waals surface area contributed by atoms with Crippen molar-refractivity contribution >= 4 is 0 Å². The van der Waals surface area contributed by atoms with Crippen LogP contribution in [0.3, 0.4) is 0 Å². The smallest absolute Gasteiger partial charge is 0.250 e. The maximum absolute atomic E-state index is 13.4. The summed E-state index contributed by atoms with van der Waals surface area (Å²) in [6.07, 6.45) is 5.35. The van der Waals surface area contributed by atoms with Crippen LogP contribution < -0.4 is 5.56 Å². The Labute approximate surface area is 175 Å². The average Bonchev–Trinajstić information content (AvgIpc) is 3.48. The molecule has 0 atom stereocenters. The van der Waals surface area contributed by atoms with Crippen LogP contribution >= 0.6 is 0 Å². The van der Waals surface area contributed by atoms with Gasteiger partial charge in [0.15, 0.2) is 0 Å². The van der Waals surface area contributed by atoms with E-state index in [4.69, 9.17) is 0 Å². The van der Waals surface area contributed by atoms with Crippen molar-refractivity contribution < 1.29 is 4.39 Å². The zero-order valence-electron chi connectivity index (χ0n) is 16.4. The minimum Gasteiger partial charge on any atom is -0.318 e. The summed E-state index contributed by atoms with van der Waals surface area (Å²) in [7, 11) is 1.69. The quantitative estimate of drug-likeness (QED) is 0.488. The molecule has 0 amide bonds. The van der Waals surface area contributed by atoms with Crippen LogP contribution in [0.4, 0.5) is 4.39 Å². The van der Waals surface area contributed by atoms with Crippen molar-refractivity contribution in [2.75, 3.05) is 0 Å². The summed E-state index contributed by atoms with van der Waals surface area (Å²) in [5, 5.41) is 18.7. The summed E-state index contributed by atoms with van der Waals surface area (Å²) in [6, 6.07) is 15.2. The van der Waals surface area contributed by atoms with Gasteiger partial charge in [0, 0.05) is 42.2 Å². The van der Waals surface area contributed by atoms with Crippen molar-refractivity contribution in [3.63, 3.8) is 0 Å². The Hall–Kier alpha value is -4.40. The lowest BCUT2D eigenvalue weighted by Crippen LogP contribution is -2.15. The van der Waals surface area contributed by atoms with E-state index in [1.165, 1.54) is 16.7 Å². The van der Waals surface area contributed by atoms with E-state index in [0.29, 0.717) is 11.4 Å². The van der Waals surface area contributed by atoms with Gasteiger partial charge in [-0.15, -0.1) is 10.2 Å². The molecule has 0 unspecified atom stereocenters. The van der Waals surface area contributed by atoms with Crippen LogP contribution in [-0.2, 0) is 7.05 Å². The fourth-order valence-corrected chi connectivity index (χ4v) is 3.46. The van der Waals surface area contributed by atoms with Crippen LogP contribution in [-0.4, -0.2) is 35.0 Å². The monoisotopic (exact) mass is 413 g/mol. The first kappa shape index (κ1) is 18.6. The molecule has 0 saturated heterocycles. The van der Waals surface area contributed by atoms with Gasteiger partial charge >= 0.3 is 0 Å². The number of benzene rings is 2. The molecule has 0 spiro atoms. The molecule has 0 saturated carbocycles. The first-order valence-corrected chi connectivity index (χ1v) is 9.45. The average molecular weight is 413 g/mol. The molecule has 0 fully saturated rings. The number of nitrogens with one attached hydrogen (secondary N) is 1. The number of halogens is 1. The van der Waals surface area contributed by atoms with Crippen LogP contribution in [0.5, 0.6) is 0 Å². The number of H-pyrrole nitrogens is 1. The molecule has 152 valence electrons. The molecule has 0 aliphatic heterocycles. The molecule has 0 aliphatic carbocycles. The highest BCUT2D eigenvalue weighted by Gasteiger charge is 2.15. The standard InChI is InChI=1S/C22H16FN7O/c1-29-13-19(18(10-21(29)31)14-6-8-16(23)9-7-14)15-11-24-30(12-15)20-5-3-2-4-17(20)22-25-27-28-26-22/h2-13H,1H3,(H,25,26,27,28). The lowest BCUT2D eigenvalue weighted by Gasteiger charge is -2.10. The number of rotatable bonds is 4. The van der Waals surface area contributed by atoms with Crippen LogP contribution in [0, 0.1) is 5.82 Å². The van der Waals surface area contributed by atoms with Gasteiger partial charge in [0.05, 0.1) is 11.9 Å². The van der Waals surface area contributed by atoms with Gasteiger partial charge in [0.1, 0.15) is 5.82 Å². The number of pyridine rings is 1. The van der Waals surface area contributed by atoms with Crippen LogP contribution in [0.15, 0.2) is 78.0 Å². The van der Waals surface area contributed by atoms with Gasteiger partial charge in [-0.25, -0.2) is 9.07 Å². The molecule has 5 rings (SSSR count). The molecule has 0 radical (unpaired) electrons. The van der Waals surface area contributed by atoms with E-state index in [9.17, 15) is 9.18 Å². The summed E-state index contributed by atoms with van der Waals surface area (Å²) in [5.74, 6) is 0.127. The molecule has 5 aromatic rings. The highest BCUT2D eigenvalue weighted by molar-refractivity contribution is 5.82. The van der Waals surface area contributed by atoms with Gasteiger partial charge in [-0.1, -0.05) is 24.3 Å². The summed E-state index contributed by atoms with van der Waals surface area (Å²) in [5.41, 5.74) is 4.45. The predicted molar refractivity (Wildman–Crippen MR) is 113 cm³/mol. The summed E-state index contributed by atoms with van der Waals surface area (Å²) < 4.78 is 16.6. The molecular formula is C22H16FN7O. The number of para-hydroxylation sites is 1. The molecule has 2 aromatic carbocycles. The van der Waals surface area contributed by atoms with Gasteiger partial charge in [-0.3, -0.25) is 4.79 Å². The van der Waals surface area contributed by atoms with Crippen molar-refractivity contribution in [3.8, 4) is 39.3 Å². The number of tetrazole rings is 1. The van der Waals surface area contributed by atoms with E-state index in [2.05, 4.69) is 25.7 Å². The molecule has 3 heterocycles. The fraction of sp³-hybridized carbons (Fsp3) is 0.0455. The Morgan fingerprint density at radius 3 is 2.52 bits per heavy atom. The molecule has 9 heteroatoms. The Bertz CT molecular complexity index is 1420. The molecule has 0 aliphatic rings. The molecule has 1 N–H and O–H groups in total. The minimum atomic E-state index is -0.333. The second-order valence-corrected chi connectivity index (χ2v) is 6.98. The van der Waals surface area contributed by atoms with E-state index in [-0.39, 0.29) is 11.4 Å². The van der Waals surface area contributed by atoms with Crippen LogP contribution in [0.25, 0.3) is 39.3 Å². The van der Waals surface area contributed by atoms with Crippen molar-refractivity contribution in [2.45, 2.75) is 0 Å². The zero-order chi connectivity index (χ0) is 21.4. The third kappa shape index (κ3) is 3.42. The number of nitrogens with zero attached hydrogens (tertiary/aromatic N) is 6. The third-order valence-corrected chi connectivity index (χ3v) is 5.01. The second kappa shape index (κ2) is 7.45. The number of aromatic amines is 1. The van der Waals surface area contributed by atoms with E-state index in [1.807, 2.05) is 30.5 Å². The van der Waals surface area contributed by atoms with Gasteiger partial charge in [0.25, 0.3) is 5.56 Å². The normalized spacial score (nSPS) is 11.0. The summed E-state index contributed by atoms with van der Waals surface area (Å²) in [6.45, 7) is 0. The maximum Gasteiger partial charge on any atom is 0.250 e. The Balaban J connectivity index is 1.64. The van der Waals surface area contributed by atoms with Gasteiger partial charge in [-0.2, -0.15) is 10.3 Å². The second-order valence-electron chi connectivity index (χ2n) is 6.98. The van der Waals surface area contributed by atoms with E-state index in [0.717, 1.165) is 27.9 Å². The molecule has 3 aromatic heterocycles. The topological polar surface area (TPSA) is 94.3 Å². The first-order valence-electron chi connectivity index (χ1n) is 9.45. The summed E-state index contributed by atoms with van der Waals surface area (Å²) >= 11 is 0. The maximum atomic E-state index is 13.4. The fourth-order valence-electron chi connectivity index (χ4n) is 3.46. The lowest BCUT2D eigenvalue weighted by molar-refractivity contribution is 0.628. The Kier molecular flexibility index (Phi) is 4.47. The van der Waals surface area contributed by atoms with Crippen molar-refractivity contribution in [1.82, 2.24) is 35.0 Å². The largest absolute Gasteiger partial charge is 0.318 e.